The normalized spacial score (nSPS) is 9.71. The number of nitrogens with two attached hydrogens (primary N) is 1. The lowest BCUT2D eigenvalue weighted by molar-refractivity contribution is 0.0699. The van der Waals surface area contributed by atoms with E-state index in [1.807, 2.05) is 12.1 Å². The predicted molar refractivity (Wildman–Crippen MR) is 66.8 cm³/mol. The van der Waals surface area contributed by atoms with Gasteiger partial charge in [0.25, 0.3) is 0 Å². The third kappa shape index (κ3) is 2.12. The SMILES string of the molecule is NCC#Cc1cccc2c(C(=O)O)cccc12. The summed E-state index contributed by atoms with van der Waals surface area (Å²) in [5, 5.41) is 10.6. The first-order valence-electron chi connectivity index (χ1n) is 5.18. The zero-order chi connectivity index (χ0) is 12.3. The molecule has 0 radical (unpaired) electrons. The summed E-state index contributed by atoms with van der Waals surface area (Å²) in [5.41, 5.74) is 6.42. The molecular formula is C14H11NO2. The average Bonchev–Trinajstić information content (AvgIpc) is 2.35. The van der Waals surface area contributed by atoms with E-state index < -0.39 is 5.97 Å². The van der Waals surface area contributed by atoms with Gasteiger partial charge in [0, 0.05) is 5.56 Å². The van der Waals surface area contributed by atoms with Crippen molar-refractivity contribution in [2.75, 3.05) is 6.54 Å². The van der Waals surface area contributed by atoms with Gasteiger partial charge in [0.1, 0.15) is 0 Å². The van der Waals surface area contributed by atoms with E-state index in [1.165, 1.54) is 0 Å². The molecule has 0 amide bonds. The first-order chi connectivity index (χ1) is 8.24. The number of hydrogen-bond donors (Lipinski definition) is 2. The van der Waals surface area contributed by atoms with Crippen LogP contribution in [0.3, 0.4) is 0 Å². The summed E-state index contributed by atoms with van der Waals surface area (Å²) in [7, 11) is 0. The lowest BCUT2D eigenvalue weighted by atomic mass is 10.0. The molecule has 0 aliphatic carbocycles. The molecule has 3 N–H and O–H groups in total. The summed E-state index contributed by atoms with van der Waals surface area (Å²) >= 11 is 0. The minimum atomic E-state index is -0.931. The molecule has 3 heteroatoms. The number of carboxylic acid groups (broad SMARTS) is 1. The van der Waals surface area contributed by atoms with E-state index in [2.05, 4.69) is 11.8 Å². The molecular weight excluding hydrogens is 214 g/mol. The van der Waals surface area contributed by atoms with Crippen molar-refractivity contribution in [1.82, 2.24) is 0 Å². The van der Waals surface area contributed by atoms with E-state index >= 15 is 0 Å². The van der Waals surface area contributed by atoms with E-state index in [1.54, 1.807) is 24.3 Å². The standard InChI is InChI=1S/C14H11NO2/c15-9-3-5-10-4-1-7-12-11(10)6-2-8-13(12)14(16)17/h1-2,4,6-8H,9,15H2,(H,16,17). The van der Waals surface area contributed by atoms with Crippen molar-refractivity contribution < 1.29 is 9.90 Å². The van der Waals surface area contributed by atoms with Gasteiger partial charge in [-0.2, -0.15) is 0 Å². The third-order valence-electron chi connectivity index (χ3n) is 2.48. The highest BCUT2D eigenvalue weighted by atomic mass is 16.4. The molecule has 0 saturated heterocycles. The van der Waals surface area contributed by atoms with E-state index in [-0.39, 0.29) is 6.54 Å². The minimum Gasteiger partial charge on any atom is -0.478 e. The first-order valence-corrected chi connectivity index (χ1v) is 5.18. The monoisotopic (exact) mass is 225 g/mol. The fourth-order valence-electron chi connectivity index (χ4n) is 1.75. The number of hydrogen-bond acceptors (Lipinski definition) is 2. The maximum absolute atomic E-state index is 11.1. The Hall–Kier alpha value is -2.31. The van der Waals surface area contributed by atoms with Gasteiger partial charge in [0.15, 0.2) is 0 Å². The maximum atomic E-state index is 11.1. The van der Waals surface area contributed by atoms with Crippen molar-refractivity contribution in [3.05, 3.63) is 47.5 Å². The zero-order valence-corrected chi connectivity index (χ0v) is 9.10. The van der Waals surface area contributed by atoms with Gasteiger partial charge in [-0.15, -0.1) is 0 Å². The Labute approximate surface area is 98.9 Å². The first kappa shape index (κ1) is 11.2. The van der Waals surface area contributed by atoms with E-state index in [0.29, 0.717) is 10.9 Å². The molecule has 0 spiro atoms. The predicted octanol–water partition coefficient (Wildman–Crippen LogP) is 1.85. The van der Waals surface area contributed by atoms with Crippen LogP contribution >= 0.6 is 0 Å². The molecule has 17 heavy (non-hydrogen) atoms. The molecule has 0 heterocycles. The summed E-state index contributed by atoms with van der Waals surface area (Å²) in [4.78, 5) is 11.1. The molecule has 0 saturated carbocycles. The van der Waals surface area contributed by atoms with Crippen LogP contribution in [0.4, 0.5) is 0 Å². The molecule has 0 unspecified atom stereocenters. The van der Waals surface area contributed by atoms with Crippen molar-refractivity contribution >= 4 is 16.7 Å². The number of fused-ring (bicyclic) bond motifs is 1. The van der Waals surface area contributed by atoms with Gasteiger partial charge >= 0.3 is 5.97 Å². The Morgan fingerprint density at radius 3 is 2.59 bits per heavy atom. The van der Waals surface area contributed by atoms with Crippen LogP contribution in [-0.4, -0.2) is 17.6 Å². The number of benzene rings is 2. The fourth-order valence-corrected chi connectivity index (χ4v) is 1.75. The van der Waals surface area contributed by atoms with Gasteiger partial charge < -0.3 is 10.8 Å². The molecule has 2 aromatic carbocycles. The van der Waals surface area contributed by atoms with Crippen LogP contribution < -0.4 is 5.73 Å². The van der Waals surface area contributed by atoms with Crippen LogP contribution in [0.5, 0.6) is 0 Å². The Kier molecular flexibility index (Phi) is 3.08. The lowest BCUT2D eigenvalue weighted by Crippen LogP contribution is -1.97. The second-order valence-corrected chi connectivity index (χ2v) is 3.52. The molecule has 0 aromatic heterocycles. The van der Waals surface area contributed by atoms with Gasteiger partial charge in [0.05, 0.1) is 12.1 Å². The Morgan fingerprint density at radius 1 is 1.18 bits per heavy atom. The maximum Gasteiger partial charge on any atom is 0.336 e. The quantitative estimate of drug-likeness (QED) is 0.728. The summed E-state index contributed by atoms with van der Waals surface area (Å²) in [5.74, 6) is 4.79. The third-order valence-corrected chi connectivity index (χ3v) is 2.48. The molecule has 3 nitrogen and oxygen atoms in total. The molecule has 2 aromatic rings. The second kappa shape index (κ2) is 4.69. The topological polar surface area (TPSA) is 63.3 Å². The van der Waals surface area contributed by atoms with Crippen LogP contribution in [0.1, 0.15) is 15.9 Å². The highest BCUT2D eigenvalue weighted by Gasteiger charge is 2.08. The highest BCUT2D eigenvalue weighted by Crippen LogP contribution is 2.21. The lowest BCUT2D eigenvalue weighted by Gasteiger charge is -2.03. The average molecular weight is 225 g/mol. The number of carbonyl (C=O) groups is 1. The smallest absolute Gasteiger partial charge is 0.336 e. The molecule has 2 rings (SSSR count). The van der Waals surface area contributed by atoms with Crippen LogP contribution in [0.25, 0.3) is 10.8 Å². The van der Waals surface area contributed by atoms with Crippen molar-refractivity contribution in [2.24, 2.45) is 5.73 Å². The molecule has 0 aliphatic rings. The molecule has 0 fully saturated rings. The van der Waals surface area contributed by atoms with Crippen molar-refractivity contribution in [3.8, 4) is 11.8 Å². The Balaban J connectivity index is 2.74. The Bertz CT molecular complexity index is 635. The summed E-state index contributed by atoms with van der Waals surface area (Å²) in [6.07, 6.45) is 0. The van der Waals surface area contributed by atoms with E-state index in [0.717, 1.165) is 10.9 Å². The van der Waals surface area contributed by atoms with Crippen molar-refractivity contribution in [2.45, 2.75) is 0 Å². The zero-order valence-electron chi connectivity index (χ0n) is 9.10. The number of carboxylic acids is 1. The highest BCUT2D eigenvalue weighted by molar-refractivity contribution is 6.05. The van der Waals surface area contributed by atoms with E-state index in [4.69, 9.17) is 10.8 Å². The second-order valence-electron chi connectivity index (χ2n) is 3.52. The van der Waals surface area contributed by atoms with Crippen molar-refractivity contribution in [3.63, 3.8) is 0 Å². The summed E-state index contributed by atoms with van der Waals surface area (Å²) in [6, 6.07) is 10.6. The molecule has 0 bridgehead atoms. The van der Waals surface area contributed by atoms with Gasteiger partial charge in [-0.05, 0) is 22.9 Å². The fraction of sp³-hybridized carbons (Fsp3) is 0.0714. The molecule has 0 aliphatic heterocycles. The molecule has 84 valence electrons. The van der Waals surface area contributed by atoms with Crippen LogP contribution in [0.15, 0.2) is 36.4 Å². The summed E-state index contributed by atoms with van der Waals surface area (Å²) < 4.78 is 0. The summed E-state index contributed by atoms with van der Waals surface area (Å²) in [6.45, 7) is 0.287. The van der Waals surface area contributed by atoms with Gasteiger partial charge in [-0.3, -0.25) is 0 Å². The van der Waals surface area contributed by atoms with Crippen LogP contribution in [0.2, 0.25) is 0 Å². The van der Waals surface area contributed by atoms with Crippen molar-refractivity contribution in [1.29, 1.82) is 0 Å². The largest absolute Gasteiger partial charge is 0.478 e. The number of aromatic carboxylic acids is 1. The minimum absolute atomic E-state index is 0.287. The van der Waals surface area contributed by atoms with Crippen LogP contribution in [-0.2, 0) is 0 Å². The van der Waals surface area contributed by atoms with Gasteiger partial charge in [-0.25, -0.2) is 4.79 Å². The Morgan fingerprint density at radius 2 is 1.88 bits per heavy atom. The van der Waals surface area contributed by atoms with Crippen LogP contribution in [0, 0.1) is 11.8 Å². The van der Waals surface area contributed by atoms with E-state index in [9.17, 15) is 4.79 Å². The van der Waals surface area contributed by atoms with Gasteiger partial charge in [-0.1, -0.05) is 36.1 Å². The van der Waals surface area contributed by atoms with Gasteiger partial charge in [0.2, 0.25) is 0 Å². The number of rotatable bonds is 1. The molecule has 0 atom stereocenters.